The zero-order valence-electron chi connectivity index (χ0n) is 14.0. The molecule has 1 N–H and O–H groups in total. The van der Waals surface area contributed by atoms with E-state index < -0.39 is 9.84 Å². The maximum Gasteiger partial charge on any atom is 0.150 e. The molecule has 1 fully saturated rings. The topological polar surface area (TPSA) is 68.3 Å². The molecule has 24 heavy (non-hydrogen) atoms. The van der Waals surface area contributed by atoms with Gasteiger partial charge in [0.05, 0.1) is 18.1 Å². The van der Waals surface area contributed by atoms with Gasteiger partial charge in [-0.15, -0.1) is 0 Å². The molecule has 1 saturated heterocycles. The number of benzene rings is 1. The third-order valence-electron chi connectivity index (χ3n) is 4.45. The Hall–Kier alpha value is -1.82. The van der Waals surface area contributed by atoms with E-state index in [9.17, 15) is 8.42 Å². The highest BCUT2D eigenvalue weighted by Gasteiger charge is 2.23. The molecule has 2 aromatic rings. The zero-order chi connectivity index (χ0) is 17.0. The van der Waals surface area contributed by atoms with Crippen LogP contribution in [0.25, 0.3) is 10.9 Å². The molecular formula is C18H24N2O3S. The van der Waals surface area contributed by atoms with Crippen molar-refractivity contribution in [3.8, 4) is 5.75 Å². The summed E-state index contributed by atoms with van der Waals surface area (Å²) < 4.78 is 28.8. The number of nitrogens with zero attached hydrogens (tertiary/aromatic N) is 1. The first-order valence-electron chi connectivity index (χ1n) is 8.54. The monoisotopic (exact) mass is 348 g/mol. The van der Waals surface area contributed by atoms with Crippen molar-refractivity contribution in [1.29, 1.82) is 0 Å². The summed E-state index contributed by atoms with van der Waals surface area (Å²) in [4.78, 5) is 4.46. The molecule has 2 heterocycles. The molecule has 5 nitrogen and oxygen atoms in total. The number of ether oxygens (including phenoxy) is 1. The van der Waals surface area contributed by atoms with E-state index in [2.05, 4.69) is 17.2 Å². The summed E-state index contributed by atoms with van der Waals surface area (Å²) in [6.07, 6.45) is 4.22. The largest absolute Gasteiger partial charge is 0.491 e. The summed E-state index contributed by atoms with van der Waals surface area (Å²) in [6, 6.07) is 7.93. The summed E-state index contributed by atoms with van der Waals surface area (Å²) in [6.45, 7) is 3.54. The van der Waals surface area contributed by atoms with Gasteiger partial charge in [-0.05, 0) is 37.3 Å². The number of aromatic nitrogens is 1. The van der Waals surface area contributed by atoms with Crippen LogP contribution in [0.15, 0.2) is 30.5 Å². The summed E-state index contributed by atoms with van der Waals surface area (Å²) in [5.41, 5.74) is 1.89. The lowest BCUT2D eigenvalue weighted by Gasteiger charge is -2.23. The Morgan fingerprint density at radius 3 is 2.79 bits per heavy atom. The number of pyridine rings is 1. The number of hydrogen-bond donors (Lipinski definition) is 1. The second kappa shape index (κ2) is 7.38. The second-order valence-electron chi connectivity index (χ2n) is 6.34. The molecule has 0 amide bonds. The predicted octanol–water partition coefficient (Wildman–Crippen LogP) is 3.26. The number of anilines is 1. The van der Waals surface area contributed by atoms with Crippen molar-refractivity contribution in [3.05, 3.63) is 30.5 Å². The van der Waals surface area contributed by atoms with Crippen LogP contribution < -0.4 is 10.1 Å². The standard InChI is InChI=1S/C18H24N2O3S/c1-2-10-23-17-5-3-4-15-16(6-9-19-18(15)17)20-13-14-7-11-24(21,22)12-8-14/h3-6,9,14H,2,7-8,10-13H2,1H3,(H,19,20). The number of fused-ring (bicyclic) bond motifs is 1. The smallest absolute Gasteiger partial charge is 0.150 e. The van der Waals surface area contributed by atoms with Crippen LogP contribution in [0.4, 0.5) is 5.69 Å². The lowest BCUT2D eigenvalue weighted by Crippen LogP contribution is -2.27. The molecule has 1 aliphatic heterocycles. The lowest BCUT2D eigenvalue weighted by atomic mass is 10.0. The molecule has 0 saturated carbocycles. The SMILES string of the molecule is CCCOc1cccc2c(NCC3CCS(=O)(=O)CC3)ccnc12. The molecule has 6 heteroatoms. The van der Waals surface area contributed by atoms with Crippen LogP contribution in [-0.4, -0.2) is 38.1 Å². The third-order valence-corrected chi connectivity index (χ3v) is 6.17. The molecule has 130 valence electrons. The van der Waals surface area contributed by atoms with Crippen LogP contribution in [0.1, 0.15) is 26.2 Å². The number of nitrogens with one attached hydrogen (secondary N) is 1. The Bertz CT molecular complexity index is 791. The van der Waals surface area contributed by atoms with Gasteiger partial charge < -0.3 is 10.1 Å². The minimum Gasteiger partial charge on any atom is -0.491 e. The quantitative estimate of drug-likeness (QED) is 0.868. The van der Waals surface area contributed by atoms with Crippen LogP contribution in [0.3, 0.4) is 0 Å². The highest BCUT2D eigenvalue weighted by molar-refractivity contribution is 7.91. The van der Waals surface area contributed by atoms with E-state index in [4.69, 9.17) is 4.74 Å². The van der Waals surface area contributed by atoms with Crippen molar-refractivity contribution in [2.75, 3.05) is 30.0 Å². The second-order valence-corrected chi connectivity index (χ2v) is 8.64. The number of para-hydroxylation sites is 1. The first-order chi connectivity index (χ1) is 11.6. The van der Waals surface area contributed by atoms with Gasteiger partial charge in [0.2, 0.25) is 0 Å². The van der Waals surface area contributed by atoms with Gasteiger partial charge >= 0.3 is 0 Å². The van der Waals surface area contributed by atoms with Crippen molar-refractivity contribution >= 4 is 26.4 Å². The predicted molar refractivity (Wildman–Crippen MR) is 97.4 cm³/mol. The van der Waals surface area contributed by atoms with Gasteiger partial charge in [0.15, 0.2) is 0 Å². The fourth-order valence-electron chi connectivity index (χ4n) is 3.03. The molecule has 0 radical (unpaired) electrons. The Kier molecular flexibility index (Phi) is 5.23. The van der Waals surface area contributed by atoms with E-state index in [1.807, 2.05) is 24.3 Å². The van der Waals surface area contributed by atoms with Gasteiger partial charge in [-0.25, -0.2) is 8.42 Å². The van der Waals surface area contributed by atoms with Crippen LogP contribution in [0.2, 0.25) is 0 Å². The molecule has 1 aromatic carbocycles. The minimum absolute atomic E-state index is 0.311. The molecule has 1 aromatic heterocycles. The van der Waals surface area contributed by atoms with E-state index in [0.717, 1.165) is 48.1 Å². The van der Waals surface area contributed by atoms with Crippen molar-refractivity contribution < 1.29 is 13.2 Å². The van der Waals surface area contributed by atoms with Crippen molar-refractivity contribution in [3.63, 3.8) is 0 Å². The van der Waals surface area contributed by atoms with E-state index in [1.165, 1.54) is 0 Å². The van der Waals surface area contributed by atoms with E-state index in [1.54, 1.807) is 6.20 Å². The highest BCUT2D eigenvalue weighted by Crippen LogP contribution is 2.29. The molecule has 1 aliphatic rings. The molecule has 0 spiro atoms. The fourth-order valence-corrected chi connectivity index (χ4v) is 4.62. The van der Waals surface area contributed by atoms with Gasteiger partial charge in [-0.1, -0.05) is 19.1 Å². The molecule has 0 bridgehead atoms. The summed E-state index contributed by atoms with van der Waals surface area (Å²) in [7, 11) is -2.80. The molecule has 0 unspecified atom stereocenters. The van der Waals surface area contributed by atoms with Crippen LogP contribution >= 0.6 is 0 Å². The number of sulfone groups is 1. The molecule has 3 rings (SSSR count). The first-order valence-corrected chi connectivity index (χ1v) is 10.4. The van der Waals surface area contributed by atoms with Crippen LogP contribution in [-0.2, 0) is 9.84 Å². The Labute approximate surface area is 143 Å². The van der Waals surface area contributed by atoms with Crippen molar-refractivity contribution in [2.24, 2.45) is 5.92 Å². The van der Waals surface area contributed by atoms with Crippen molar-refractivity contribution in [2.45, 2.75) is 26.2 Å². The summed E-state index contributed by atoms with van der Waals surface area (Å²) in [5.74, 6) is 1.83. The Morgan fingerprint density at radius 2 is 2.04 bits per heavy atom. The number of rotatable bonds is 6. The van der Waals surface area contributed by atoms with Gasteiger partial charge in [-0.3, -0.25) is 4.98 Å². The highest BCUT2D eigenvalue weighted by atomic mass is 32.2. The number of hydrogen-bond acceptors (Lipinski definition) is 5. The van der Waals surface area contributed by atoms with Crippen LogP contribution in [0, 0.1) is 5.92 Å². The molecular weight excluding hydrogens is 324 g/mol. The van der Waals surface area contributed by atoms with E-state index in [-0.39, 0.29) is 0 Å². The third kappa shape index (κ3) is 3.98. The van der Waals surface area contributed by atoms with E-state index >= 15 is 0 Å². The van der Waals surface area contributed by atoms with Gasteiger partial charge in [-0.2, -0.15) is 0 Å². The van der Waals surface area contributed by atoms with E-state index in [0.29, 0.717) is 24.0 Å². The molecule has 0 atom stereocenters. The lowest BCUT2D eigenvalue weighted by molar-refractivity contribution is 0.320. The van der Waals surface area contributed by atoms with Gasteiger partial charge in [0, 0.05) is 23.8 Å². The van der Waals surface area contributed by atoms with Gasteiger partial charge in [0.25, 0.3) is 0 Å². The van der Waals surface area contributed by atoms with Crippen molar-refractivity contribution in [1.82, 2.24) is 4.98 Å². The Balaban J connectivity index is 1.73. The summed E-state index contributed by atoms with van der Waals surface area (Å²) in [5, 5.41) is 4.51. The van der Waals surface area contributed by atoms with Gasteiger partial charge in [0.1, 0.15) is 21.1 Å². The maximum atomic E-state index is 11.5. The Morgan fingerprint density at radius 1 is 1.25 bits per heavy atom. The maximum absolute atomic E-state index is 11.5. The zero-order valence-corrected chi connectivity index (χ0v) is 14.8. The average molecular weight is 348 g/mol. The first kappa shape index (κ1) is 17.0. The summed E-state index contributed by atoms with van der Waals surface area (Å²) >= 11 is 0. The molecule has 0 aliphatic carbocycles. The van der Waals surface area contributed by atoms with Crippen LogP contribution in [0.5, 0.6) is 5.75 Å². The average Bonchev–Trinajstić information content (AvgIpc) is 2.59. The normalized spacial score (nSPS) is 17.7. The fraction of sp³-hybridized carbons (Fsp3) is 0.500. The minimum atomic E-state index is -2.80.